The van der Waals surface area contributed by atoms with Gasteiger partial charge in [-0.25, -0.2) is 9.78 Å². The summed E-state index contributed by atoms with van der Waals surface area (Å²) in [7, 11) is 0. The van der Waals surface area contributed by atoms with Crippen molar-refractivity contribution in [2.45, 2.75) is 32.0 Å². The molecule has 0 spiro atoms. The van der Waals surface area contributed by atoms with E-state index >= 15 is 0 Å². The van der Waals surface area contributed by atoms with E-state index in [0.29, 0.717) is 0 Å². The molecule has 2 heterocycles. The number of halogens is 1. The average molecular weight is 424 g/mol. The van der Waals surface area contributed by atoms with Crippen molar-refractivity contribution in [1.82, 2.24) is 19.8 Å². The molecular formula is C23H26ClN5O. The SMILES string of the molecule is O=C(Nc1ccc(Cn2ccnc2)cc1)NC1CCN(Cc2ccc(Cl)cc2)CC1. The number of nitrogens with zero attached hydrogens (tertiary/aromatic N) is 3. The molecule has 2 amide bonds. The summed E-state index contributed by atoms with van der Waals surface area (Å²) in [6, 6.07) is 16.0. The van der Waals surface area contributed by atoms with Gasteiger partial charge in [-0.05, 0) is 48.2 Å². The lowest BCUT2D eigenvalue weighted by Gasteiger charge is -2.32. The van der Waals surface area contributed by atoms with E-state index in [-0.39, 0.29) is 12.1 Å². The molecule has 156 valence electrons. The Morgan fingerprint density at radius 2 is 1.67 bits per heavy atom. The van der Waals surface area contributed by atoms with E-state index < -0.39 is 0 Å². The maximum atomic E-state index is 12.4. The molecule has 3 aromatic rings. The largest absolute Gasteiger partial charge is 0.335 e. The Kier molecular flexibility index (Phi) is 6.67. The highest BCUT2D eigenvalue weighted by Crippen LogP contribution is 2.16. The molecule has 6 nitrogen and oxygen atoms in total. The Bertz CT molecular complexity index is 933. The number of aromatic nitrogens is 2. The number of hydrogen-bond acceptors (Lipinski definition) is 3. The highest BCUT2D eigenvalue weighted by atomic mass is 35.5. The first-order valence-electron chi connectivity index (χ1n) is 10.2. The van der Waals surface area contributed by atoms with Crippen LogP contribution >= 0.6 is 11.6 Å². The molecule has 1 fully saturated rings. The first-order chi connectivity index (χ1) is 14.6. The summed E-state index contributed by atoms with van der Waals surface area (Å²) in [6.07, 6.45) is 7.39. The second-order valence-corrected chi connectivity index (χ2v) is 8.14. The van der Waals surface area contributed by atoms with Crippen molar-refractivity contribution in [3.8, 4) is 0 Å². The number of carbonyl (C=O) groups is 1. The smallest absolute Gasteiger partial charge is 0.319 e. The summed E-state index contributed by atoms with van der Waals surface area (Å²) in [5.41, 5.74) is 3.22. The van der Waals surface area contributed by atoms with Crippen LogP contribution in [0.15, 0.2) is 67.3 Å². The van der Waals surface area contributed by atoms with Crippen molar-refractivity contribution in [1.29, 1.82) is 0 Å². The number of carbonyl (C=O) groups excluding carboxylic acids is 1. The number of anilines is 1. The molecule has 1 saturated heterocycles. The van der Waals surface area contributed by atoms with Crippen molar-refractivity contribution in [2.24, 2.45) is 0 Å². The van der Waals surface area contributed by atoms with Crippen LogP contribution in [0.3, 0.4) is 0 Å². The molecule has 0 atom stereocenters. The van der Waals surface area contributed by atoms with Crippen molar-refractivity contribution in [3.63, 3.8) is 0 Å². The van der Waals surface area contributed by atoms with E-state index in [4.69, 9.17) is 11.6 Å². The van der Waals surface area contributed by atoms with E-state index in [2.05, 4.69) is 32.7 Å². The van der Waals surface area contributed by atoms with Crippen molar-refractivity contribution < 1.29 is 4.79 Å². The summed E-state index contributed by atoms with van der Waals surface area (Å²) in [5, 5.41) is 6.80. The molecule has 0 radical (unpaired) electrons. The number of nitrogens with one attached hydrogen (secondary N) is 2. The molecule has 0 aliphatic carbocycles. The van der Waals surface area contributed by atoms with Gasteiger partial charge in [0.05, 0.1) is 6.33 Å². The third-order valence-corrected chi connectivity index (χ3v) is 5.63. The van der Waals surface area contributed by atoms with Crippen LogP contribution < -0.4 is 10.6 Å². The van der Waals surface area contributed by atoms with Crippen LogP contribution in [0.2, 0.25) is 5.02 Å². The van der Waals surface area contributed by atoms with Gasteiger partial charge in [-0.2, -0.15) is 0 Å². The first kappa shape index (κ1) is 20.4. The molecule has 0 unspecified atom stereocenters. The predicted molar refractivity (Wildman–Crippen MR) is 120 cm³/mol. The zero-order valence-corrected chi connectivity index (χ0v) is 17.6. The number of urea groups is 1. The molecule has 1 aliphatic heterocycles. The second-order valence-electron chi connectivity index (χ2n) is 7.71. The van der Waals surface area contributed by atoms with Crippen LogP contribution in [-0.4, -0.2) is 39.6 Å². The fourth-order valence-electron chi connectivity index (χ4n) is 3.72. The van der Waals surface area contributed by atoms with Crippen LogP contribution in [0, 0.1) is 0 Å². The number of amides is 2. The highest BCUT2D eigenvalue weighted by Gasteiger charge is 2.20. The number of imidazole rings is 1. The van der Waals surface area contributed by atoms with Crippen LogP contribution in [0.1, 0.15) is 24.0 Å². The van der Waals surface area contributed by atoms with Crippen molar-refractivity contribution in [2.75, 3.05) is 18.4 Å². The monoisotopic (exact) mass is 423 g/mol. The highest BCUT2D eigenvalue weighted by molar-refractivity contribution is 6.30. The summed E-state index contributed by atoms with van der Waals surface area (Å²) in [4.78, 5) is 18.8. The summed E-state index contributed by atoms with van der Waals surface area (Å²) >= 11 is 5.95. The van der Waals surface area contributed by atoms with E-state index in [9.17, 15) is 4.79 Å². The average Bonchev–Trinajstić information content (AvgIpc) is 3.26. The lowest BCUT2D eigenvalue weighted by Crippen LogP contribution is -2.45. The van der Waals surface area contributed by atoms with E-state index in [1.807, 2.05) is 47.2 Å². The van der Waals surface area contributed by atoms with Gasteiger partial charge in [0.15, 0.2) is 0 Å². The number of rotatable bonds is 6. The molecule has 1 aromatic heterocycles. The Balaban J connectivity index is 1.19. The lowest BCUT2D eigenvalue weighted by molar-refractivity contribution is 0.190. The molecule has 0 bridgehead atoms. The van der Waals surface area contributed by atoms with Gasteiger partial charge in [0.1, 0.15) is 0 Å². The minimum atomic E-state index is -0.145. The summed E-state index contributed by atoms with van der Waals surface area (Å²) < 4.78 is 2.01. The quantitative estimate of drug-likeness (QED) is 0.618. The fourth-order valence-corrected chi connectivity index (χ4v) is 3.85. The maximum absolute atomic E-state index is 12.4. The van der Waals surface area contributed by atoms with Crippen LogP contribution in [0.25, 0.3) is 0 Å². The van der Waals surface area contributed by atoms with E-state index in [0.717, 1.165) is 55.3 Å². The van der Waals surface area contributed by atoms with Gasteiger partial charge in [0.2, 0.25) is 0 Å². The molecule has 1 aliphatic rings. The van der Waals surface area contributed by atoms with Crippen molar-refractivity contribution in [3.05, 3.63) is 83.4 Å². The first-order valence-corrected chi connectivity index (χ1v) is 10.6. The van der Waals surface area contributed by atoms with Crippen molar-refractivity contribution >= 4 is 23.3 Å². The summed E-state index contributed by atoms with van der Waals surface area (Å²) in [5.74, 6) is 0. The summed E-state index contributed by atoms with van der Waals surface area (Å²) in [6.45, 7) is 3.62. The molecule has 2 N–H and O–H groups in total. The zero-order chi connectivity index (χ0) is 20.8. The number of piperidine rings is 1. The van der Waals surface area contributed by atoms with E-state index in [1.165, 1.54) is 5.56 Å². The van der Waals surface area contributed by atoms with Gasteiger partial charge in [0.25, 0.3) is 0 Å². The van der Waals surface area contributed by atoms with Crippen LogP contribution in [-0.2, 0) is 13.1 Å². The fraction of sp³-hybridized carbons (Fsp3) is 0.304. The molecular weight excluding hydrogens is 398 g/mol. The zero-order valence-electron chi connectivity index (χ0n) is 16.8. The van der Waals surface area contributed by atoms with Gasteiger partial charge in [-0.3, -0.25) is 4.90 Å². The standard InChI is InChI=1S/C23H26ClN5O/c24-20-5-1-18(2-6-20)15-28-12-9-22(10-13-28)27-23(30)26-21-7-3-19(4-8-21)16-29-14-11-25-17-29/h1-8,11,14,17,22H,9-10,12-13,15-16H2,(H2,26,27,30). The van der Waals surface area contributed by atoms with Gasteiger partial charge in [0, 0.05) is 55.3 Å². The van der Waals surface area contributed by atoms with Crippen LogP contribution in [0.5, 0.6) is 0 Å². The molecule has 2 aromatic carbocycles. The maximum Gasteiger partial charge on any atom is 0.319 e. The Morgan fingerprint density at radius 3 is 2.33 bits per heavy atom. The molecule has 7 heteroatoms. The topological polar surface area (TPSA) is 62.2 Å². The second kappa shape index (κ2) is 9.78. The molecule has 30 heavy (non-hydrogen) atoms. The normalized spacial score (nSPS) is 15.1. The van der Waals surface area contributed by atoms with Gasteiger partial charge >= 0.3 is 6.03 Å². The predicted octanol–water partition coefficient (Wildman–Crippen LogP) is 4.37. The van der Waals surface area contributed by atoms with E-state index in [1.54, 1.807) is 12.5 Å². The van der Waals surface area contributed by atoms with Gasteiger partial charge < -0.3 is 15.2 Å². The third kappa shape index (κ3) is 5.84. The van der Waals surface area contributed by atoms with Gasteiger partial charge in [-0.15, -0.1) is 0 Å². The Hall–Kier alpha value is -2.83. The van der Waals surface area contributed by atoms with Crippen LogP contribution in [0.4, 0.5) is 10.5 Å². The third-order valence-electron chi connectivity index (χ3n) is 5.38. The Morgan fingerprint density at radius 1 is 1.00 bits per heavy atom. The molecule has 4 rings (SSSR count). The van der Waals surface area contributed by atoms with Gasteiger partial charge in [-0.1, -0.05) is 35.9 Å². The number of hydrogen-bond donors (Lipinski definition) is 2. The Labute approximate surface area is 181 Å². The molecule has 0 saturated carbocycles. The number of benzene rings is 2. The number of likely N-dealkylation sites (tertiary alicyclic amines) is 1. The lowest BCUT2D eigenvalue weighted by atomic mass is 10.0. The minimum absolute atomic E-state index is 0.145. The minimum Gasteiger partial charge on any atom is -0.335 e.